The van der Waals surface area contributed by atoms with Gasteiger partial charge in [-0.1, -0.05) is 36.4 Å². The number of nitrogens with zero attached hydrogens (tertiary/aromatic N) is 1. The molecule has 2 aromatic heterocycles. The molecule has 0 spiro atoms. The van der Waals surface area contributed by atoms with Gasteiger partial charge in [0.05, 0.1) is 20.7 Å². The highest BCUT2D eigenvalue weighted by atomic mass is 79.9. The summed E-state index contributed by atoms with van der Waals surface area (Å²) in [5.74, 6) is 0.435. The number of thiophene rings is 1. The SMILES string of the molecule is Fc1ccc(-c2nc(-c3ccccc3)c(-c3cccs3)[nH]2)cc1Br. The molecule has 2 heterocycles. The van der Waals surface area contributed by atoms with Crippen LogP contribution in [0.3, 0.4) is 0 Å². The van der Waals surface area contributed by atoms with Crippen molar-refractivity contribution in [2.24, 2.45) is 0 Å². The topological polar surface area (TPSA) is 28.7 Å². The predicted octanol–water partition coefficient (Wildman–Crippen LogP) is 6.37. The number of hydrogen-bond donors (Lipinski definition) is 1. The second-order valence-corrected chi connectivity index (χ2v) is 7.08. The molecule has 0 radical (unpaired) electrons. The van der Waals surface area contributed by atoms with E-state index in [1.54, 1.807) is 23.5 Å². The van der Waals surface area contributed by atoms with Gasteiger partial charge in [0.15, 0.2) is 0 Å². The van der Waals surface area contributed by atoms with Gasteiger partial charge in [0, 0.05) is 11.1 Å². The number of nitrogens with one attached hydrogen (secondary N) is 1. The normalized spacial score (nSPS) is 10.9. The molecule has 4 aromatic rings. The van der Waals surface area contributed by atoms with E-state index < -0.39 is 0 Å². The highest BCUT2D eigenvalue weighted by Gasteiger charge is 2.16. The number of benzene rings is 2. The van der Waals surface area contributed by atoms with E-state index in [1.165, 1.54) is 6.07 Å². The molecular weight excluding hydrogens is 387 g/mol. The van der Waals surface area contributed by atoms with E-state index in [0.717, 1.165) is 33.2 Å². The second-order valence-electron chi connectivity index (χ2n) is 5.28. The van der Waals surface area contributed by atoms with E-state index in [1.807, 2.05) is 41.8 Å². The largest absolute Gasteiger partial charge is 0.337 e. The van der Waals surface area contributed by atoms with Gasteiger partial charge in [-0.05, 0) is 45.6 Å². The van der Waals surface area contributed by atoms with Gasteiger partial charge in [-0.2, -0.15) is 0 Å². The summed E-state index contributed by atoms with van der Waals surface area (Å²) in [6.45, 7) is 0. The zero-order valence-corrected chi connectivity index (χ0v) is 14.9. The molecule has 118 valence electrons. The molecule has 2 nitrogen and oxygen atoms in total. The molecule has 2 aromatic carbocycles. The molecule has 0 bridgehead atoms. The van der Waals surface area contributed by atoms with Crippen molar-refractivity contribution in [3.8, 4) is 33.2 Å². The fraction of sp³-hybridized carbons (Fsp3) is 0. The smallest absolute Gasteiger partial charge is 0.138 e. The van der Waals surface area contributed by atoms with Crippen molar-refractivity contribution in [1.82, 2.24) is 9.97 Å². The maximum absolute atomic E-state index is 13.5. The summed E-state index contributed by atoms with van der Waals surface area (Å²) < 4.78 is 13.9. The van der Waals surface area contributed by atoms with Crippen LogP contribution in [0.15, 0.2) is 70.5 Å². The van der Waals surface area contributed by atoms with Crippen LogP contribution < -0.4 is 0 Å². The fourth-order valence-corrected chi connectivity index (χ4v) is 3.66. The first-order chi connectivity index (χ1) is 11.7. The van der Waals surface area contributed by atoms with Crippen molar-refractivity contribution in [1.29, 1.82) is 0 Å². The monoisotopic (exact) mass is 398 g/mol. The Bertz CT molecular complexity index is 978. The Labute approximate surface area is 151 Å². The third-order valence-corrected chi connectivity index (χ3v) is 5.21. The molecule has 5 heteroatoms. The fourth-order valence-electron chi connectivity index (χ4n) is 2.56. The van der Waals surface area contributed by atoms with Gasteiger partial charge >= 0.3 is 0 Å². The summed E-state index contributed by atoms with van der Waals surface area (Å²) in [6, 6.07) is 19.0. The van der Waals surface area contributed by atoms with E-state index in [-0.39, 0.29) is 5.82 Å². The summed E-state index contributed by atoms with van der Waals surface area (Å²) in [7, 11) is 0. The molecule has 0 amide bonds. The van der Waals surface area contributed by atoms with Crippen molar-refractivity contribution in [3.05, 3.63) is 76.3 Å². The predicted molar refractivity (Wildman–Crippen MR) is 100 cm³/mol. The second kappa shape index (κ2) is 6.34. The molecule has 0 aliphatic rings. The first-order valence-corrected chi connectivity index (χ1v) is 9.04. The van der Waals surface area contributed by atoms with E-state index in [4.69, 9.17) is 4.98 Å². The molecular formula is C19H12BrFN2S. The molecule has 0 fully saturated rings. The molecule has 24 heavy (non-hydrogen) atoms. The van der Waals surface area contributed by atoms with E-state index in [9.17, 15) is 4.39 Å². The summed E-state index contributed by atoms with van der Waals surface area (Å²) in [6.07, 6.45) is 0. The van der Waals surface area contributed by atoms with Crippen LogP contribution in [0.5, 0.6) is 0 Å². The summed E-state index contributed by atoms with van der Waals surface area (Å²) >= 11 is 4.90. The number of imidazole rings is 1. The van der Waals surface area contributed by atoms with Crippen molar-refractivity contribution < 1.29 is 4.39 Å². The molecule has 4 rings (SSSR count). The third-order valence-electron chi connectivity index (χ3n) is 3.71. The quantitative estimate of drug-likeness (QED) is 0.426. The van der Waals surface area contributed by atoms with E-state index in [0.29, 0.717) is 4.47 Å². The van der Waals surface area contributed by atoms with Crippen LogP contribution in [-0.4, -0.2) is 9.97 Å². The Kier molecular flexibility index (Phi) is 4.04. The lowest BCUT2D eigenvalue weighted by Crippen LogP contribution is -1.83. The molecule has 0 aliphatic heterocycles. The van der Waals surface area contributed by atoms with Crippen LogP contribution in [0.1, 0.15) is 0 Å². The van der Waals surface area contributed by atoms with Crippen molar-refractivity contribution in [2.75, 3.05) is 0 Å². The van der Waals surface area contributed by atoms with Crippen LogP contribution in [0.4, 0.5) is 4.39 Å². The van der Waals surface area contributed by atoms with Crippen molar-refractivity contribution in [2.45, 2.75) is 0 Å². The number of halogens is 2. The molecule has 0 unspecified atom stereocenters. The van der Waals surface area contributed by atoms with Gasteiger partial charge < -0.3 is 4.98 Å². The minimum Gasteiger partial charge on any atom is -0.337 e. The van der Waals surface area contributed by atoms with E-state index >= 15 is 0 Å². The van der Waals surface area contributed by atoms with Crippen LogP contribution in [0, 0.1) is 5.82 Å². The van der Waals surface area contributed by atoms with Crippen molar-refractivity contribution >= 4 is 27.3 Å². The highest BCUT2D eigenvalue weighted by Crippen LogP contribution is 2.35. The zero-order valence-electron chi connectivity index (χ0n) is 12.5. The maximum Gasteiger partial charge on any atom is 0.138 e. The first-order valence-electron chi connectivity index (χ1n) is 7.37. The minimum atomic E-state index is -0.285. The van der Waals surface area contributed by atoms with Gasteiger partial charge in [-0.25, -0.2) is 9.37 Å². The Morgan fingerprint density at radius 2 is 1.79 bits per heavy atom. The average molecular weight is 399 g/mol. The Morgan fingerprint density at radius 1 is 0.958 bits per heavy atom. The number of hydrogen-bond acceptors (Lipinski definition) is 2. The Hall–Kier alpha value is -2.24. The third kappa shape index (κ3) is 2.81. The lowest BCUT2D eigenvalue weighted by molar-refractivity contribution is 0.621. The van der Waals surface area contributed by atoms with Gasteiger partial charge in [0.25, 0.3) is 0 Å². The molecule has 0 aliphatic carbocycles. The number of aromatic amines is 1. The highest BCUT2D eigenvalue weighted by molar-refractivity contribution is 9.10. The van der Waals surface area contributed by atoms with Crippen LogP contribution in [0.2, 0.25) is 0 Å². The summed E-state index contributed by atoms with van der Waals surface area (Å²) in [5.41, 5.74) is 3.76. The number of rotatable bonds is 3. The van der Waals surface area contributed by atoms with Crippen molar-refractivity contribution in [3.63, 3.8) is 0 Å². The Balaban J connectivity index is 1.90. The number of H-pyrrole nitrogens is 1. The zero-order chi connectivity index (χ0) is 16.5. The summed E-state index contributed by atoms with van der Waals surface area (Å²) in [5, 5.41) is 2.04. The van der Waals surface area contributed by atoms with Gasteiger partial charge in [0.1, 0.15) is 11.6 Å². The molecule has 1 N–H and O–H groups in total. The van der Waals surface area contributed by atoms with Crippen LogP contribution in [-0.2, 0) is 0 Å². The summed E-state index contributed by atoms with van der Waals surface area (Å²) in [4.78, 5) is 9.31. The standard InChI is InChI=1S/C19H12BrFN2S/c20-14-11-13(8-9-15(14)21)19-22-17(12-5-2-1-3-6-12)18(23-19)16-7-4-10-24-16/h1-11H,(H,22,23). The molecule has 0 saturated heterocycles. The molecule has 0 saturated carbocycles. The van der Waals surface area contributed by atoms with Gasteiger partial charge in [-0.15, -0.1) is 11.3 Å². The molecule has 0 atom stereocenters. The van der Waals surface area contributed by atoms with Gasteiger partial charge in [0.2, 0.25) is 0 Å². The van der Waals surface area contributed by atoms with Crippen LogP contribution in [0.25, 0.3) is 33.2 Å². The van der Waals surface area contributed by atoms with E-state index in [2.05, 4.69) is 27.0 Å². The van der Waals surface area contributed by atoms with Crippen LogP contribution >= 0.6 is 27.3 Å². The average Bonchev–Trinajstić information content (AvgIpc) is 3.27. The minimum absolute atomic E-state index is 0.285. The van der Waals surface area contributed by atoms with Gasteiger partial charge in [-0.3, -0.25) is 0 Å². The Morgan fingerprint density at radius 3 is 2.50 bits per heavy atom. The maximum atomic E-state index is 13.5. The lowest BCUT2D eigenvalue weighted by Gasteiger charge is -1.99. The first kappa shape index (κ1) is 15.3. The lowest BCUT2D eigenvalue weighted by atomic mass is 10.1. The number of aromatic nitrogens is 2.